The lowest BCUT2D eigenvalue weighted by Crippen LogP contribution is -2.03. The molecule has 3 nitrogen and oxygen atoms in total. The molecule has 0 aromatic heterocycles. The van der Waals surface area contributed by atoms with Crippen LogP contribution in [0, 0.1) is 5.92 Å². The van der Waals surface area contributed by atoms with E-state index in [4.69, 9.17) is 0 Å². The first kappa shape index (κ1) is 19.7. The number of esters is 1. The van der Waals surface area contributed by atoms with Gasteiger partial charge in [0.2, 0.25) is 0 Å². The Labute approximate surface area is 141 Å². The van der Waals surface area contributed by atoms with Gasteiger partial charge < -0.3 is 4.74 Å². The van der Waals surface area contributed by atoms with Crippen molar-refractivity contribution in [2.45, 2.75) is 77.6 Å². The Morgan fingerprint density at radius 2 is 1.87 bits per heavy atom. The number of ether oxygens (including phenoxy) is 1. The fraction of sp³-hybridized carbons (Fsp3) is 0.700. The van der Waals surface area contributed by atoms with Crippen LogP contribution in [0.5, 0.6) is 0 Å². The van der Waals surface area contributed by atoms with Crippen LogP contribution in [0.1, 0.15) is 77.6 Å². The predicted molar refractivity (Wildman–Crippen MR) is 94.2 cm³/mol. The number of rotatable bonds is 12. The lowest BCUT2D eigenvalue weighted by molar-refractivity contribution is -0.140. The van der Waals surface area contributed by atoms with Gasteiger partial charge in [-0.25, -0.2) is 0 Å². The summed E-state index contributed by atoms with van der Waals surface area (Å²) in [4.78, 5) is 23.0. The number of unbranched alkanes of at least 4 members (excludes halogenated alkanes) is 7. The molecule has 130 valence electrons. The number of ketones is 1. The Morgan fingerprint density at radius 3 is 2.61 bits per heavy atom. The van der Waals surface area contributed by atoms with Gasteiger partial charge in [-0.1, -0.05) is 57.6 Å². The molecule has 0 aromatic carbocycles. The molecule has 1 aliphatic rings. The monoisotopic (exact) mass is 320 g/mol. The molecule has 0 saturated heterocycles. The topological polar surface area (TPSA) is 43.4 Å². The number of hydrogen-bond donors (Lipinski definition) is 0. The number of carbonyl (C=O) groups is 2. The zero-order chi connectivity index (χ0) is 16.9. The van der Waals surface area contributed by atoms with Crippen molar-refractivity contribution in [2.24, 2.45) is 5.92 Å². The van der Waals surface area contributed by atoms with Crippen LogP contribution in [0.2, 0.25) is 0 Å². The van der Waals surface area contributed by atoms with Crippen molar-refractivity contribution < 1.29 is 14.3 Å². The number of carbonyl (C=O) groups excluding carboxylic acids is 2. The highest BCUT2D eigenvalue weighted by molar-refractivity contribution is 6.07. The lowest BCUT2D eigenvalue weighted by atomic mass is 9.94. The normalized spacial score (nSPS) is 18.8. The smallest absolute Gasteiger partial charge is 0.305 e. The van der Waals surface area contributed by atoms with Crippen LogP contribution in [-0.2, 0) is 14.3 Å². The van der Waals surface area contributed by atoms with E-state index >= 15 is 0 Å². The molecule has 0 unspecified atom stereocenters. The standard InChI is InChI=1S/C20H32O3/c1-3-4-5-6-7-9-12-17-15-16-19(21)18(17)13-10-8-11-14-20(22)23-2/h13,15-17H,3-12,14H2,1-2H3/b18-13-/t17-/m1/s1. The summed E-state index contributed by atoms with van der Waals surface area (Å²) in [6, 6.07) is 0. The first-order valence-corrected chi connectivity index (χ1v) is 9.18. The zero-order valence-electron chi connectivity index (χ0n) is 14.8. The summed E-state index contributed by atoms with van der Waals surface area (Å²) in [5.74, 6) is 0.334. The fourth-order valence-corrected chi connectivity index (χ4v) is 3.01. The van der Waals surface area contributed by atoms with Gasteiger partial charge in [0, 0.05) is 17.9 Å². The van der Waals surface area contributed by atoms with Crippen molar-refractivity contribution in [1.29, 1.82) is 0 Å². The Balaban J connectivity index is 2.24. The average molecular weight is 320 g/mol. The van der Waals surface area contributed by atoms with Crippen LogP contribution < -0.4 is 0 Å². The molecule has 0 radical (unpaired) electrons. The second-order valence-electron chi connectivity index (χ2n) is 6.37. The van der Waals surface area contributed by atoms with E-state index in [0.29, 0.717) is 12.3 Å². The predicted octanol–water partition coefficient (Wildman–Crippen LogP) is 5.15. The summed E-state index contributed by atoms with van der Waals surface area (Å²) in [6.45, 7) is 2.23. The zero-order valence-corrected chi connectivity index (χ0v) is 14.8. The van der Waals surface area contributed by atoms with Gasteiger partial charge in [-0.05, 0) is 31.8 Å². The Hall–Kier alpha value is -1.38. The van der Waals surface area contributed by atoms with Crippen molar-refractivity contribution in [3.8, 4) is 0 Å². The third-order valence-electron chi connectivity index (χ3n) is 4.46. The van der Waals surface area contributed by atoms with Gasteiger partial charge in [-0.15, -0.1) is 0 Å². The molecule has 0 saturated carbocycles. The minimum absolute atomic E-state index is 0.155. The maximum Gasteiger partial charge on any atom is 0.305 e. The second kappa shape index (κ2) is 12.1. The van der Waals surface area contributed by atoms with Gasteiger partial charge in [-0.3, -0.25) is 9.59 Å². The summed E-state index contributed by atoms with van der Waals surface area (Å²) in [5, 5.41) is 0. The molecule has 1 atom stereocenters. The minimum Gasteiger partial charge on any atom is -0.469 e. The van der Waals surface area contributed by atoms with Crippen molar-refractivity contribution in [3.63, 3.8) is 0 Å². The van der Waals surface area contributed by atoms with E-state index in [1.165, 1.54) is 45.6 Å². The van der Waals surface area contributed by atoms with Crippen molar-refractivity contribution in [1.82, 2.24) is 0 Å². The van der Waals surface area contributed by atoms with Gasteiger partial charge >= 0.3 is 5.97 Å². The summed E-state index contributed by atoms with van der Waals surface area (Å²) >= 11 is 0. The molecule has 3 heteroatoms. The average Bonchev–Trinajstić information content (AvgIpc) is 2.90. The molecule has 1 aliphatic carbocycles. The SMILES string of the molecule is CCCCCCCC[C@@H]1C=CC(=O)/C1=C\CCCCC(=O)OC. The quantitative estimate of drug-likeness (QED) is 0.284. The highest BCUT2D eigenvalue weighted by Crippen LogP contribution is 2.27. The number of methoxy groups -OCH3 is 1. The van der Waals surface area contributed by atoms with E-state index in [1.54, 1.807) is 6.08 Å². The number of allylic oxidation sites excluding steroid dienone is 4. The highest BCUT2D eigenvalue weighted by atomic mass is 16.5. The molecule has 0 spiro atoms. The summed E-state index contributed by atoms with van der Waals surface area (Å²) in [5.41, 5.74) is 0.969. The molecule has 0 fully saturated rings. The van der Waals surface area contributed by atoms with Crippen LogP contribution in [0.4, 0.5) is 0 Å². The van der Waals surface area contributed by atoms with Gasteiger partial charge in [0.25, 0.3) is 0 Å². The molecule has 0 amide bonds. The summed E-state index contributed by atoms with van der Waals surface area (Å²) in [6.07, 6.45) is 17.8. The molecule has 0 heterocycles. The fourth-order valence-electron chi connectivity index (χ4n) is 3.01. The molecule has 0 N–H and O–H groups in total. The summed E-state index contributed by atoms with van der Waals surface area (Å²) in [7, 11) is 1.42. The van der Waals surface area contributed by atoms with Gasteiger partial charge in [0.05, 0.1) is 7.11 Å². The molecule has 0 aromatic rings. The minimum atomic E-state index is -0.155. The lowest BCUT2D eigenvalue weighted by Gasteiger charge is -2.10. The Kier molecular flexibility index (Phi) is 10.3. The van der Waals surface area contributed by atoms with Crippen molar-refractivity contribution in [3.05, 3.63) is 23.8 Å². The van der Waals surface area contributed by atoms with Crippen molar-refractivity contribution in [2.75, 3.05) is 7.11 Å². The van der Waals surface area contributed by atoms with E-state index in [-0.39, 0.29) is 11.8 Å². The van der Waals surface area contributed by atoms with Crippen LogP contribution in [0.25, 0.3) is 0 Å². The van der Waals surface area contributed by atoms with Crippen LogP contribution in [0.3, 0.4) is 0 Å². The van der Waals surface area contributed by atoms with Crippen molar-refractivity contribution >= 4 is 11.8 Å². The molecule has 0 bridgehead atoms. The Morgan fingerprint density at radius 1 is 1.13 bits per heavy atom. The first-order valence-electron chi connectivity index (χ1n) is 9.18. The third kappa shape index (κ3) is 8.15. The summed E-state index contributed by atoms with van der Waals surface area (Å²) < 4.78 is 4.63. The van der Waals surface area contributed by atoms with Crippen LogP contribution in [-0.4, -0.2) is 18.9 Å². The molecular weight excluding hydrogens is 288 g/mol. The number of hydrogen-bond acceptors (Lipinski definition) is 3. The van der Waals surface area contributed by atoms with Crippen LogP contribution in [0.15, 0.2) is 23.8 Å². The molecular formula is C20H32O3. The van der Waals surface area contributed by atoms with E-state index in [0.717, 1.165) is 31.3 Å². The van der Waals surface area contributed by atoms with Gasteiger partial charge in [0.1, 0.15) is 0 Å². The second-order valence-corrected chi connectivity index (χ2v) is 6.37. The van der Waals surface area contributed by atoms with E-state index < -0.39 is 0 Å². The first-order chi connectivity index (χ1) is 11.2. The van der Waals surface area contributed by atoms with Gasteiger partial charge in [0.15, 0.2) is 5.78 Å². The molecule has 0 aliphatic heterocycles. The third-order valence-corrected chi connectivity index (χ3v) is 4.46. The maximum absolute atomic E-state index is 11.9. The Bertz CT molecular complexity index is 421. The molecule has 1 rings (SSSR count). The largest absolute Gasteiger partial charge is 0.469 e. The van der Waals surface area contributed by atoms with E-state index in [2.05, 4.69) is 23.8 Å². The maximum atomic E-state index is 11.9. The van der Waals surface area contributed by atoms with Crippen LogP contribution >= 0.6 is 0 Å². The van der Waals surface area contributed by atoms with E-state index in [9.17, 15) is 9.59 Å². The van der Waals surface area contributed by atoms with E-state index in [1.807, 2.05) is 0 Å². The molecule has 23 heavy (non-hydrogen) atoms. The van der Waals surface area contributed by atoms with Gasteiger partial charge in [-0.2, -0.15) is 0 Å². The highest BCUT2D eigenvalue weighted by Gasteiger charge is 2.21.